The van der Waals surface area contributed by atoms with Gasteiger partial charge in [-0.25, -0.2) is 4.79 Å². The van der Waals surface area contributed by atoms with Crippen molar-refractivity contribution >= 4 is 16.9 Å². The molecule has 3 rings (SSSR count). The average Bonchev–Trinajstić information content (AvgIpc) is 2.78. The van der Waals surface area contributed by atoms with Crippen molar-refractivity contribution in [2.45, 2.75) is 38.1 Å². The van der Waals surface area contributed by atoms with Crippen molar-refractivity contribution in [3.05, 3.63) is 16.7 Å². The molecule has 3 N–H and O–H groups in total. The highest BCUT2D eigenvalue weighted by Gasteiger charge is 2.15. The van der Waals surface area contributed by atoms with E-state index in [1.807, 2.05) is 0 Å². The van der Waals surface area contributed by atoms with Gasteiger partial charge in [-0.3, -0.25) is 10.1 Å². The average molecular weight is 233 g/mol. The fourth-order valence-corrected chi connectivity index (χ4v) is 2.41. The van der Waals surface area contributed by atoms with Gasteiger partial charge in [0.1, 0.15) is 11.5 Å². The van der Waals surface area contributed by atoms with E-state index < -0.39 is 0 Å². The molecule has 6 nitrogen and oxygen atoms in total. The maximum atomic E-state index is 11.4. The van der Waals surface area contributed by atoms with Crippen LogP contribution < -0.4 is 11.0 Å². The van der Waals surface area contributed by atoms with Crippen LogP contribution in [0.3, 0.4) is 0 Å². The summed E-state index contributed by atoms with van der Waals surface area (Å²) in [5, 5.41) is 10.9. The van der Waals surface area contributed by atoms with Gasteiger partial charge in [-0.15, -0.1) is 0 Å². The molecular weight excluding hydrogens is 218 g/mol. The van der Waals surface area contributed by atoms with Crippen LogP contribution in [-0.2, 0) is 0 Å². The highest BCUT2D eigenvalue weighted by molar-refractivity contribution is 5.85. The molecule has 0 atom stereocenters. The molecule has 0 bridgehead atoms. The number of nitrogens with zero attached hydrogens (tertiary/aromatic N) is 2. The van der Waals surface area contributed by atoms with E-state index in [1.54, 1.807) is 6.20 Å². The van der Waals surface area contributed by atoms with E-state index >= 15 is 0 Å². The number of aromatic nitrogens is 4. The first kappa shape index (κ1) is 10.3. The maximum absolute atomic E-state index is 11.4. The summed E-state index contributed by atoms with van der Waals surface area (Å²) < 4.78 is 0. The minimum atomic E-state index is -0.347. The summed E-state index contributed by atoms with van der Waals surface area (Å²) in [7, 11) is 0. The van der Waals surface area contributed by atoms with Crippen molar-refractivity contribution in [2.75, 3.05) is 5.32 Å². The fraction of sp³-hybridized carbons (Fsp3) is 0.545. The van der Waals surface area contributed by atoms with Crippen molar-refractivity contribution in [3.8, 4) is 0 Å². The van der Waals surface area contributed by atoms with Crippen LogP contribution in [0.4, 0.5) is 5.82 Å². The molecule has 1 aliphatic rings. The van der Waals surface area contributed by atoms with E-state index in [0.29, 0.717) is 17.5 Å². The summed E-state index contributed by atoms with van der Waals surface area (Å²) in [5.41, 5.74) is 0.281. The van der Waals surface area contributed by atoms with Crippen LogP contribution in [0, 0.1) is 0 Å². The highest BCUT2D eigenvalue weighted by Crippen LogP contribution is 2.23. The molecule has 0 saturated heterocycles. The van der Waals surface area contributed by atoms with Crippen molar-refractivity contribution in [1.29, 1.82) is 0 Å². The highest BCUT2D eigenvalue weighted by atomic mass is 16.1. The van der Waals surface area contributed by atoms with Gasteiger partial charge in [0, 0.05) is 6.04 Å². The van der Waals surface area contributed by atoms with E-state index in [0.717, 1.165) is 18.2 Å². The number of anilines is 1. The maximum Gasteiger partial charge on any atom is 0.348 e. The van der Waals surface area contributed by atoms with Crippen LogP contribution in [0.25, 0.3) is 11.0 Å². The Morgan fingerprint density at radius 3 is 2.94 bits per heavy atom. The predicted molar refractivity (Wildman–Crippen MR) is 65.0 cm³/mol. The molecule has 1 saturated carbocycles. The molecule has 90 valence electrons. The zero-order valence-corrected chi connectivity index (χ0v) is 9.49. The lowest BCUT2D eigenvalue weighted by molar-refractivity contribution is 0.462. The van der Waals surface area contributed by atoms with E-state index in [1.165, 1.54) is 19.3 Å². The molecule has 0 radical (unpaired) electrons. The van der Waals surface area contributed by atoms with E-state index in [-0.39, 0.29) is 5.69 Å². The van der Waals surface area contributed by atoms with Crippen LogP contribution in [-0.4, -0.2) is 26.2 Å². The lowest BCUT2D eigenvalue weighted by atomic mass is 9.95. The zero-order valence-electron chi connectivity index (χ0n) is 9.49. The van der Waals surface area contributed by atoms with Gasteiger partial charge in [-0.1, -0.05) is 19.3 Å². The molecule has 0 spiro atoms. The van der Waals surface area contributed by atoms with Crippen molar-refractivity contribution < 1.29 is 0 Å². The van der Waals surface area contributed by atoms with Gasteiger partial charge in [-0.2, -0.15) is 10.1 Å². The molecule has 6 heteroatoms. The lowest BCUT2D eigenvalue weighted by Gasteiger charge is -2.23. The van der Waals surface area contributed by atoms with Gasteiger partial charge in [0.15, 0.2) is 0 Å². The van der Waals surface area contributed by atoms with Gasteiger partial charge in [0.25, 0.3) is 0 Å². The lowest BCUT2D eigenvalue weighted by Crippen LogP contribution is -2.25. The Bertz CT molecular complexity index is 566. The number of aromatic amines is 2. The summed E-state index contributed by atoms with van der Waals surface area (Å²) >= 11 is 0. The summed E-state index contributed by atoms with van der Waals surface area (Å²) in [5.74, 6) is 0.643. The van der Waals surface area contributed by atoms with Crippen molar-refractivity contribution in [3.63, 3.8) is 0 Å². The molecular formula is C11H15N5O. The third-order valence-electron chi connectivity index (χ3n) is 3.29. The van der Waals surface area contributed by atoms with Crippen LogP contribution in [0.2, 0.25) is 0 Å². The van der Waals surface area contributed by atoms with Gasteiger partial charge < -0.3 is 5.32 Å². The minimum Gasteiger partial charge on any atom is -0.367 e. The second kappa shape index (κ2) is 4.20. The largest absolute Gasteiger partial charge is 0.367 e. The first-order chi connectivity index (χ1) is 8.33. The Balaban J connectivity index is 1.93. The Morgan fingerprint density at radius 2 is 2.12 bits per heavy atom. The fourth-order valence-electron chi connectivity index (χ4n) is 2.41. The molecule has 0 aromatic carbocycles. The molecule has 2 aromatic heterocycles. The van der Waals surface area contributed by atoms with Crippen LogP contribution in [0.5, 0.6) is 0 Å². The molecule has 1 aliphatic carbocycles. The topological polar surface area (TPSA) is 86.5 Å². The Morgan fingerprint density at radius 1 is 1.29 bits per heavy atom. The number of hydrogen-bond donors (Lipinski definition) is 3. The first-order valence-corrected chi connectivity index (χ1v) is 6.03. The molecule has 0 unspecified atom stereocenters. The number of fused-ring (bicyclic) bond motifs is 1. The van der Waals surface area contributed by atoms with Crippen molar-refractivity contribution in [1.82, 2.24) is 20.2 Å². The normalized spacial score (nSPS) is 17.4. The summed E-state index contributed by atoms with van der Waals surface area (Å²) in [6.45, 7) is 0. The summed E-state index contributed by atoms with van der Waals surface area (Å²) in [6.07, 6.45) is 7.78. The number of nitrogens with one attached hydrogen (secondary N) is 3. The Kier molecular flexibility index (Phi) is 2.55. The van der Waals surface area contributed by atoms with Gasteiger partial charge in [0.05, 0.1) is 11.6 Å². The second-order valence-corrected chi connectivity index (χ2v) is 4.53. The van der Waals surface area contributed by atoms with Crippen LogP contribution in [0.1, 0.15) is 32.1 Å². The standard InChI is InChI=1S/C11H15N5O/c17-11-14-9(8-6-12-16-10(8)15-11)13-7-4-2-1-3-5-7/h6-7H,1-5H2,(H3,12,13,14,15,16,17). The number of rotatable bonds is 2. The van der Waals surface area contributed by atoms with Gasteiger partial charge >= 0.3 is 5.69 Å². The molecule has 0 amide bonds. The third-order valence-corrected chi connectivity index (χ3v) is 3.29. The van der Waals surface area contributed by atoms with E-state index in [2.05, 4.69) is 25.5 Å². The molecule has 0 aliphatic heterocycles. The summed E-state index contributed by atoms with van der Waals surface area (Å²) in [4.78, 5) is 18.0. The second-order valence-electron chi connectivity index (χ2n) is 4.53. The molecule has 17 heavy (non-hydrogen) atoms. The quantitative estimate of drug-likeness (QED) is 0.731. The zero-order chi connectivity index (χ0) is 11.7. The molecule has 2 heterocycles. The monoisotopic (exact) mass is 233 g/mol. The first-order valence-electron chi connectivity index (χ1n) is 6.03. The Hall–Kier alpha value is -1.85. The Labute approximate surface area is 97.8 Å². The molecule has 1 fully saturated rings. The van der Waals surface area contributed by atoms with Gasteiger partial charge in [0.2, 0.25) is 0 Å². The van der Waals surface area contributed by atoms with E-state index in [9.17, 15) is 4.79 Å². The van der Waals surface area contributed by atoms with Crippen LogP contribution in [0.15, 0.2) is 11.0 Å². The molecule has 2 aromatic rings. The number of H-pyrrole nitrogens is 2. The minimum absolute atomic E-state index is 0.347. The predicted octanol–water partition coefficient (Wildman–Crippen LogP) is 1.39. The van der Waals surface area contributed by atoms with Crippen LogP contribution >= 0.6 is 0 Å². The SMILES string of the molecule is O=c1nc(NC2CCCCC2)c2cn[nH]c2[nH]1. The van der Waals surface area contributed by atoms with E-state index in [4.69, 9.17) is 0 Å². The van der Waals surface area contributed by atoms with Gasteiger partial charge in [-0.05, 0) is 12.8 Å². The third kappa shape index (κ3) is 2.02. The number of hydrogen-bond acceptors (Lipinski definition) is 4. The summed E-state index contributed by atoms with van der Waals surface area (Å²) in [6, 6.07) is 0.427. The van der Waals surface area contributed by atoms with Crippen molar-refractivity contribution in [2.24, 2.45) is 0 Å². The smallest absolute Gasteiger partial charge is 0.348 e.